The van der Waals surface area contributed by atoms with E-state index in [9.17, 15) is 14.7 Å². The maximum absolute atomic E-state index is 12.4. The first-order valence-corrected chi connectivity index (χ1v) is 6.96. The van der Waals surface area contributed by atoms with Gasteiger partial charge in [0.15, 0.2) is 0 Å². The first-order valence-electron chi connectivity index (χ1n) is 5.88. The van der Waals surface area contributed by atoms with E-state index >= 15 is 0 Å². The molecule has 6 heteroatoms. The summed E-state index contributed by atoms with van der Waals surface area (Å²) < 4.78 is 0.815. The fourth-order valence-electron chi connectivity index (χ4n) is 2.24. The van der Waals surface area contributed by atoms with Gasteiger partial charge in [-0.3, -0.25) is 4.79 Å². The summed E-state index contributed by atoms with van der Waals surface area (Å²) in [6, 6.07) is 4.40. The topological polar surface area (TPSA) is 77.8 Å². The van der Waals surface area contributed by atoms with Crippen LogP contribution in [0.15, 0.2) is 18.2 Å². The fraction of sp³-hybridized carbons (Fsp3) is 0.385. The average Bonchev–Trinajstić information content (AvgIpc) is 2.74. The summed E-state index contributed by atoms with van der Waals surface area (Å²) >= 11 is 2.08. The van der Waals surface area contributed by atoms with Gasteiger partial charge < -0.3 is 15.1 Å². The molecule has 1 amide bonds. The molecular formula is C13H14INO4. The second-order valence-corrected chi connectivity index (χ2v) is 5.72. The molecule has 2 rings (SSSR count). The van der Waals surface area contributed by atoms with Crippen LogP contribution in [-0.2, 0) is 4.79 Å². The maximum Gasteiger partial charge on any atom is 0.326 e. The highest BCUT2D eigenvalue weighted by Crippen LogP contribution is 2.24. The van der Waals surface area contributed by atoms with Crippen molar-refractivity contribution in [1.82, 2.24) is 4.90 Å². The molecule has 1 aromatic carbocycles. The molecule has 1 fully saturated rings. The molecule has 5 nitrogen and oxygen atoms in total. The summed E-state index contributed by atoms with van der Waals surface area (Å²) in [4.78, 5) is 24.8. The third-order valence-electron chi connectivity index (χ3n) is 3.25. The molecule has 1 aliphatic rings. The van der Waals surface area contributed by atoms with E-state index in [4.69, 9.17) is 5.11 Å². The van der Waals surface area contributed by atoms with E-state index in [1.807, 2.05) is 13.0 Å². The van der Waals surface area contributed by atoms with Crippen molar-refractivity contribution in [1.29, 1.82) is 0 Å². The van der Waals surface area contributed by atoms with Crippen LogP contribution in [0.2, 0.25) is 0 Å². The van der Waals surface area contributed by atoms with Crippen molar-refractivity contribution >= 4 is 34.5 Å². The van der Waals surface area contributed by atoms with Gasteiger partial charge in [-0.1, -0.05) is 12.1 Å². The average molecular weight is 375 g/mol. The SMILES string of the molecule is Cc1cccc(C(=O)N2C[C@H](O)C[C@@H]2C(=O)O)c1I. The highest BCUT2D eigenvalue weighted by Gasteiger charge is 2.39. The van der Waals surface area contributed by atoms with Crippen LogP contribution in [0, 0.1) is 10.5 Å². The number of carboxylic acid groups (broad SMARTS) is 1. The molecule has 102 valence electrons. The largest absolute Gasteiger partial charge is 0.480 e. The maximum atomic E-state index is 12.4. The van der Waals surface area contributed by atoms with Gasteiger partial charge in [0.2, 0.25) is 0 Å². The number of carbonyl (C=O) groups excluding carboxylic acids is 1. The molecule has 0 radical (unpaired) electrons. The lowest BCUT2D eigenvalue weighted by Gasteiger charge is -2.22. The number of rotatable bonds is 2. The molecule has 2 atom stereocenters. The number of aryl methyl sites for hydroxylation is 1. The lowest BCUT2D eigenvalue weighted by atomic mass is 10.1. The van der Waals surface area contributed by atoms with Crippen molar-refractivity contribution in [3.8, 4) is 0 Å². The Bertz CT molecular complexity index is 531. The van der Waals surface area contributed by atoms with E-state index in [0.717, 1.165) is 9.13 Å². The molecule has 0 aromatic heterocycles. The van der Waals surface area contributed by atoms with Crippen molar-refractivity contribution in [2.45, 2.75) is 25.5 Å². The lowest BCUT2D eigenvalue weighted by Crippen LogP contribution is -2.40. The number of hydrogen-bond donors (Lipinski definition) is 2. The summed E-state index contributed by atoms with van der Waals surface area (Å²) in [6.07, 6.45) is -0.684. The number of halogens is 1. The number of carbonyl (C=O) groups is 2. The third-order valence-corrected chi connectivity index (χ3v) is 4.68. The Hall–Kier alpha value is -1.15. The monoisotopic (exact) mass is 375 g/mol. The second kappa shape index (κ2) is 5.46. The number of hydrogen-bond acceptors (Lipinski definition) is 3. The van der Waals surface area contributed by atoms with Gasteiger partial charge in [-0.2, -0.15) is 0 Å². The molecule has 19 heavy (non-hydrogen) atoms. The molecule has 0 unspecified atom stereocenters. The number of amides is 1. The number of likely N-dealkylation sites (tertiary alicyclic amines) is 1. The van der Waals surface area contributed by atoms with Crippen molar-refractivity contribution < 1.29 is 19.8 Å². The first-order chi connectivity index (χ1) is 8.91. The number of aliphatic carboxylic acids is 1. The van der Waals surface area contributed by atoms with Gasteiger partial charge in [0.1, 0.15) is 6.04 Å². The normalized spacial score (nSPS) is 22.6. The fourth-order valence-corrected chi connectivity index (χ4v) is 2.83. The Morgan fingerprint density at radius 1 is 1.42 bits per heavy atom. The van der Waals surface area contributed by atoms with Crippen molar-refractivity contribution in [3.63, 3.8) is 0 Å². The minimum atomic E-state index is -1.08. The van der Waals surface area contributed by atoms with E-state index in [-0.39, 0.29) is 18.9 Å². The van der Waals surface area contributed by atoms with E-state index in [0.29, 0.717) is 5.56 Å². The standard InChI is InChI=1S/C13H14INO4/c1-7-3-2-4-9(11(7)14)12(17)15-6-8(16)5-10(15)13(18)19/h2-4,8,10,16H,5-6H2,1H3,(H,18,19)/t8-,10-/m1/s1. The first kappa shape index (κ1) is 14.3. The van der Waals surface area contributed by atoms with Gasteiger partial charge in [-0.15, -0.1) is 0 Å². The van der Waals surface area contributed by atoms with Gasteiger partial charge >= 0.3 is 5.97 Å². The summed E-state index contributed by atoms with van der Waals surface area (Å²) in [7, 11) is 0. The lowest BCUT2D eigenvalue weighted by molar-refractivity contribution is -0.141. The molecule has 0 saturated carbocycles. The molecular weight excluding hydrogens is 361 g/mol. The predicted molar refractivity (Wildman–Crippen MR) is 77.0 cm³/mol. The number of benzene rings is 1. The Balaban J connectivity index is 2.33. The summed E-state index contributed by atoms with van der Waals surface area (Å²) in [5.74, 6) is -1.41. The number of aliphatic hydroxyl groups is 1. The minimum absolute atomic E-state index is 0.0693. The molecule has 1 aromatic rings. The van der Waals surface area contributed by atoms with Crippen LogP contribution < -0.4 is 0 Å². The zero-order chi connectivity index (χ0) is 14.2. The Kier molecular flexibility index (Phi) is 4.10. The van der Waals surface area contributed by atoms with E-state index < -0.39 is 18.1 Å². The molecule has 1 saturated heterocycles. The number of aliphatic hydroxyl groups excluding tert-OH is 1. The second-order valence-electron chi connectivity index (χ2n) is 4.64. The van der Waals surface area contributed by atoms with Crippen LogP contribution in [0.4, 0.5) is 0 Å². The van der Waals surface area contributed by atoms with Gasteiger partial charge in [0.05, 0.1) is 11.7 Å². The summed E-state index contributed by atoms with van der Waals surface area (Å²) in [5.41, 5.74) is 1.46. The van der Waals surface area contributed by atoms with Crippen molar-refractivity contribution in [3.05, 3.63) is 32.9 Å². The number of nitrogens with zero attached hydrogens (tertiary/aromatic N) is 1. The van der Waals surface area contributed by atoms with Crippen LogP contribution in [0.25, 0.3) is 0 Å². The zero-order valence-electron chi connectivity index (χ0n) is 10.3. The van der Waals surface area contributed by atoms with Crippen LogP contribution >= 0.6 is 22.6 Å². The van der Waals surface area contributed by atoms with Crippen molar-refractivity contribution in [2.75, 3.05) is 6.54 Å². The predicted octanol–water partition coefficient (Wildman–Crippen LogP) is 1.26. The molecule has 0 aliphatic carbocycles. The zero-order valence-corrected chi connectivity index (χ0v) is 12.5. The van der Waals surface area contributed by atoms with Gasteiger partial charge in [0.25, 0.3) is 5.91 Å². The third kappa shape index (κ3) is 2.74. The van der Waals surface area contributed by atoms with Crippen molar-refractivity contribution in [2.24, 2.45) is 0 Å². The van der Waals surface area contributed by atoms with Gasteiger partial charge in [0, 0.05) is 16.5 Å². The Labute approximate surface area is 124 Å². The Morgan fingerprint density at radius 3 is 2.74 bits per heavy atom. The summed E-state index contributed by atoms with van der Waals surface area (Å²) in [6.45, 7) is 1.96. The summed E-state index contributed by atoms with van der Waals surface area (Å²) in [5, 5.41) is 18.7. The quantitative estimate of drug-likeness (QED) is 0.764. The molecule has 0 spiro atoms. The van der Waals surface area contributed by atoms with Crippen LogP contribution in [0.1, 0.15) is 22.3 Å². The smallest absolute Gasteiger partial charge is 0.326 e. The van der Waals surface area contributed by atoms with E-state index in [1.165, 1.54) is 4.90 Å². The van der Waals surface area contributed by atoms with E-state index in [2.05, 4.69) is 22.6 Å². The van der Waals surface area contributed by atoms with Crippen LogP contribution in [0.5, 0.6) is 0 Å². The van der Waals surface area contributed by atoms with Gasteiger partial charge in [-0.05, 0) is 41.1 Å². The van der Waals surface area contributed by atoms with E-state index in [1.54, 1.807) is 12.1 Å². The van der Waals surface area contributed by atoms with Crippen LogP contribution in [0.3, 0.4) is 0 Å². The minimum Gasteiger partial charge on any atom is -0.480 e. The van der Waals surface area contributed by atoms with Crippen LogP contribution in [-0.4, -0.2) is 45.7 Å². The molecule has 1 heterocycles. The molecule has 2 N–H and O–H groups in total. The highest BCUT2D eigenvalue weighted by molar-refractivity contribution is 14.1. The Morgan fingerprint density at radius 2 is 2.11 bits per heavy atom. The molecule has 0 bridgehead atoms. The number of carboxylic acids is 1. The molecule has 1 aliphatic heterocycles. The van der Waals surface area contributed by atoms with Gasteiger partial charge in [-0.25, -0.2) is 4.79 Å². The number of β-amino-alcohol motifs (C(OH)–C–C–N with tert-alkyl or cyclic N) is 1. The highest BCUT2D eigenvalue weighted by atomic mass is 127.